The first-order valence-electron chi connectivity index (χ1n) is 12.4. The van der Waals surface area contributed by atoms with Crippen LogP contribution in [0.1, 0.15) is 49.7 Å². The average molecular weight is 467 g/mol. The number of carbonyl (C=O) groups is 3. The number of aliphatic hydroxyl groups is 1. The van der Waals surface area contributed by atoms with E-state index in [-0.39, 0.29) is 47.5 Å². The summed E-state index contributed by atoms with van der Waals surface area (Å²) in [4.78, 5) is 44.0. The summed E-state index contributed by atoms with van der Waals surface area (Å²) >= 11 is 0. The number of aryl methyl sites for hydroxylation is 1. The minimum atomic E-state index is -0.587. The zero-order valence-corrected chi connectivity index (χ0v) is 20.1. The van der Waals surface area contributed by atoms with E-state index in [4.69, 9.17) is 0 Å². The molecule has 3 fully saturated rings. The molecule has 1 aromatic carbocycles. The summed E-state index contributed by atoms with van der Waals surface area (Å²) in [5.41, 5.74) is 2.58. The molecule has 3 aliphatic rings. The molecule has 3 amide bonds. The van der Waals surface area contributed by atoms with Crippen molar-refractivity contribution in [3.05, 3.63) is 35.5 Å². The highest BCUT2D eigenvalue weighted by Gasteiger charge is 2.69. The number of fused-ring (bicyclic) bond motifs is 2. The van der Waals surface area contributed by atoms with Crippen LogP contribution in [0.15, 0.2) is 24.3 Å². The molecule has 8 nitrogen and oxygen atoms in total. The Labute approximate surface area is 199 Å². The van der Waals surface area contributed by atoms with E-state index in [0.29, 0.717) is 31.6 Å². The number of aliphatic hydroxyl groups excluding tert-OH is 1. The summed E-state index contributed by atoms with van der Waals surface area (Å²) < 4.78 is 0. The molecule has 1 aliphatic carbocycles. The van der Waals surface area contributed by atoms with Gasteiger partial charge in [-0.05, 0) is 54.2 Å². The fourth-order valence-corrected chi connectivity index (χ4v) is 6.27. The zero-order chi connectivity index (χ0) is 24.2. The summed E-state index contributed by atoms with van der Waals surface area (Å²) in [7, 11) is 0. The Morgan fingerprint density at radius 2 is 2.12 bits per heavy atom. The SMILES string of the molecule is CCc1cccc2[nH]c(C(=O)N3C[C@H]4[C@@H]([C@H]3C(=O)N[C@H](CO)C[C@@H]3CCNC3=O)C4(C)C)cc12. The van der Waals surface area contributed by atoms with Gasteiger partial charge in [-0.3, -0.25) is 14.4 Å². The molecule has 2 saturated heterocycles. The standard InChI is InChI=1S/C26H34N4O4/c1-4-14-6-5-7-19-17(14)11-20(29-19)25(34)30-12-18-21(26(18,2)3)22(30)24(33)28-16(13-31)10-15-8-9-27-23(15)32/h5-7,11,15-16,18,21-22,29,31H,4,8-10,12-13H2,1-3H3,(H,27,32)(H,28,33)/t15-,16-,18-,21-,22-/m0/s1. The Balaban J connectivity index is 1.36. The van der Waals surface area contributed by atoms with Gasteiger partial charge in [-0.1, -0.05) is 32.9 Å². The molecule has 0 unspecified atom stereocenters. The van der Waals surface area contributed by atoms with Gasteiger partial charge in [0.2, 0.25) is 11.8 Å². The molecule has 0 radical (unpaired) electrons. The zero-order valence-electron chi connectivity index (χ0n) is 20.1. The number of nitrogens with zero attached hydrogens (tertiary/aromatic N) is 1. The predicted molar refractivity (Wildman–Crippen MR) is 128 cm³/mol. The third-order valence-corrected chi connectivity index (χ3v) is 8.40. The predicted octanol–water partition coefficient (Wildman–Crippen LogP) is 1.83. The third-order valence-electron chi connectivity index (χ3n) is 8.40. The molecule has 8 heteroatoms. The van der Waals surface area contributed by atoms with E-state index in [2.05, 4.69) is 42.5 Å². The number of rotatable bonds is 7. The van der Waals surface area contributed by atoms with Gasteiger partial charge in [0.25, 0.3) is 5.91 Å². The first kappa shape index (κ1) is 22.9. The lowest BCUT2D eigenvalue weighted by atomic mass is 9.97. The van der Waals surface area contributed by atoms with Crippen LogP contribution in [0.5, 0.6) is 0 Å². The Morgan fingerprint density at radius 3 is 2.79 bits per heavy atom. The second kappa shape index (κ2) is 8.41. The number of aromatic nitrogens is 1. The summed E-state index contributed by atoms with van der Waals surface area (Å²) in [6.45, 7) is 7.31. The van der Waals surface area contributed by atoms with Crippen LogP contribution in [0.25, 0.3) is 10.9 Å². The molecular formula is C26H34N4O4. The van der Waals surface area contributed by atoms with Gasteiger partial charge in [0, 0.05) is 29.9 Å². The normalized spacial score (nSPS) is 28.0. The number of H-pyrrole nitrogens is 1. The number of aromatic amines is 1. The average Bonchev–Trinajstić information content (AvgIpc) is 3.33. The molecule has 0 bridgehead atoms. The fraction of sp³-hybridized carbons (Fsp3) is 0.577. The maximum Gasteiger partial charge on any atom is 0.271 e. The number of hydrogen-bond donors (Lipinski definition) is 4. The first-order valence-corrected chi connectivity index (χ1v) is 12.4. The summed E-state index contributed by atoms with van der Waals surface area (Å²) in [5.74, 6) is -0.287. The van der Waals surface area contributed by atoms with Crippen molar-refractivity contribution in [2.75, 3.05) is 19.7 Å². The molecule has 4 N–H and O–H groups in total. The van der Waals surface area contributed by atoms with Gasteiger partial charge in [0.15, 0.2) is 0 Å². The van der Waals surface area contributed by atoms with E-state index in [1.807, 2.05) is 18.2 Å². The van der Waals surface area contributed by atoms with Gasteiger partial charge in [0.1, 0.15) is 11.7 Å². The minimum absolute atomic E-state index is 0.00529. The fourth-order valence-electron chi connectivity index (χ4n) is 6.27. The van der Waals surface area contributed by atoms with Crippen molar-refractivity contribution in [2.24, 2.45) is 23.2 Å². The summed E-state index contributed by atoms with van der Waals surface area (Å²) in [6, 6.07) is 6.81. The molecule has 5 rings (SSSR count). The van der Waals surface area contributed by atoms with Crippen LogP contribution in [0, 0.1) is 23.2 Å². The van der Waals surface area contributed by atoms with Crippen molar-refractivity contribution in [3.8, 4) is 0 Å². The number of piperidine rings is 1. The third kappa shape index (κ3) is 3.68. The highest BCUT2D eigenvalue weighted by Crippen LogP contribution is 2.65. The van der Waals surface area contributed by atoms with E-state index in [9.17, 15) is 19.5 Å². The molecule has 34 heavy (non-hydrogen) atoms. The smallest absolute Gasteiger partial charge is 0.271 e. The highest BCUT2D eigenvalue weighted by molar-refractivity contribution is 6.01. The monoisotopic (exact) mass is 466 g/mol. The van der Waals surface area contributed by atoms with Gasteiger partial charge in [-0.25, -0.2) is 0 Å². The van der Waals surface area contributed by atoms with Crippen molar-refractivity contribution < 1.29 is 19.5 Å². The lowest BCUT2D eigenvalue weighted by Crippen LogP contribution is -2.53. The topological polar surface area (TPSA) is 115 Å². The lowest BCUT2D eigenvalue weighted by Gasteiger charge is -2.31. The van der Waals surface area contributed by atoms with E-state index in [1.165, 1.54) is 5.56 Å². The number of benzene rings is 1. The van der Waals surface area contributed by atoms with E-state index < -0.39 is 12.1 Å². The van der Waals surface area contributed by atoms with Crippen LogP contribution < -0.4 is 10.6 Å². The Kier molecular flexibility index (Phi) is 5.67. The van der Waals surface area contributed by atoms with Gasteiger partial charge in [0.05, 0.1) is 12.6 Å². The number of amides is 3. The van der Waals surface area contributed by atoms with Crippen molar-refractivity contribution in [1.82, 2.24) is 20.5 Å². The quantitative estimate of drug-likeness (QED) is 0.498. The van der Waals surface area contributed by atoms with Crippen LogP contribution in [-0.4, -0.2) is 64.5 Å². The molecule has 2 aromatic rings. The second-order valence-electron chi connectivity index (χ2n) is 10.7. The van der Waals surface area contributed by atoms with E-state index in [1.54, 1.807) is 4.90 Å². The number of hydrogen-bond acceptors (Lipinski definition) is 4. The number of carbonyl (C=O) groups excluding carboxylic acids is 3. The van der Waals surface area contributed by atoms with E-state index >= 15 is 0 Å². The molecule has 182 valence electrons. The molecule has 1 saturated carbocycles. The van der Waals surface area contributed by atoms with E-state index in [0.717, 1.165) is 17.3 Å². The van der Waals surface area contributed by atoms with Crippen LogP contribution >= 0.6 is 0 Å². The van der Waals surface area contributed by atoms with Gasteiger partial charge >= 0.3 is 0 Å². The van der Waals surface area contributed by atoms with Gasteiger partial charge in [-0.2, -0.15) is 0 Å². The number of likely N-dealkylation sites (tertiary alicyclic amines) is 1. The van der Waals surface area contributed by atoms with Gasteiger partial charge < -0.3 is 25.6 Å². The number of nitrogens with one attached hydrogen (secondary N) is 3. The summed E-state index contributed by atoms with van der Waals surface area (Å²) in [6.07, 6.45) is 1.97. The van der Waals surface area contributed by atoms with Crippen LogP contribution in [0.4, 0.5) is 0 Å². The van der Waals surface area contributed by atoms with Crippen LogP contribution in [0.3, 0.4) is 0 Å². The molecule has 3 heterocycles. The largest absolute Gasteiger partial charge is 0.394 e. The van der Waals surface area contributed by atoms with Crippen molar-refractivity contribution in [1.29, 1.82) is 0 Å². The molecule has 2 aliphatic heterocycles. The van der Waals surface area contributed by atoms with Crippen molar-refractivity contribution in [3.63, 3.8) is 0 Å². The van der Waals surface area contributed by atoms with Crippen LogP contribution in [-0.2, 0) is 16.0 Å². The van der Waals surface area contributed by atoms with Crippen molar-refractivity contribution >= 4 is 28.6 Å². The van der Waals surface area contributed by atoms with Crippen LogP contribution in [0.2, 0.25) is 0 Å². The molecule has 5 atom stereocenters. The lowest BCUT2D eigenvalue weighted by molar-refractivity contribution is -0.128. The minimum Gasteiger partial charge on any atom is -0.394 e. The first-order chi connectivity index (χ1) is 16.3. The highest BCUT2D eigenvalue weighted by atomic mass is 16.3. The molecule has 1 aromatic heterocycles. The molecule has 0 spiro atoms. The summed E-state index contributed by atoms with van der Waals surface area (Å²) in [5, 5.41) is 16.7. The maximum absolute atomic E-state index is 13.6. The Hall–Kier alpha value is -2.87. The Bertz CT molecular complexity index is 1140. The maximum atomic E-state index is 13.6. The Morgan fingerprint density at radius 1 is 1.32 bits per heavy atom. The van der Waals surface area contributed by atoms with Crippen molar-refractivity contribution in [2.45, 2.75) is 52.1 Å². The molecular weight excluding hydrogens is 432 g/mol. The second-order valence-corrected chi connectivity index (χ2v) is 10.7. The van der Waals surface area contributed by atoms with Gasteiger partial charge in [-0.15, -0.1) is 0 Å².